The van der Waals surface area contributed by atoms with Crippen LogP contribution in [0.2, 0.25) is 10.0 Å². The van der Waals surface area contributed by atoms with Gasteiger partial charge in [-0.25, -0.2) is 0 Å². The van der Waals surface area contributed by atoms with Crippen molar-refractivity contribution in [2.24, 2.45) is 0 Å². The molecule has 0 spiro atoms. The van der Waals surface area contributed by atoms with E-state index in [0.29, 0.717) is 22.4 Å². The molecule has 1 aromatic heterocycles. The standard InChI is InChI=1S/C13H11Cl2NO2/c1-16(13(17)12-3-2-4-18-12)8-9-5-10(14)7-11(15)6-9/h2-7H,8H2,1H3. The van der Waals surface area contributed by atoms with Crippen LogP contribution in [0.1, 0.15) is 16.1 Å². The summed E-state index contributed by atoms with van der Waals surface area (Å²) in [7, 11) is 1.69. The highest BCUT2D eigenvalue weighted by atomic mass is 35.5. The van der Waals surface area contributed by atoms with Crippen molar-refractivity contribution in [3.8, 4) is 0 Å². The predicted molar refractivity (Wildman–Crippen MR) is 71.0 cm³/mol. The molecule has 1 amide bonds. The number of hydrogen-bond donors (Lipinski definition) is 0. The Morgan fingerprint density at radius 2 is 1.94 bits per heavy atom. The molecule has 3 nitrogen and oxygen atoms in total. The third-order valence-corrected chi connectivity index (χ3v) is 2.86. The maximum absolute atomic E-state index is 11.9. The minimum Gasteiger partial charge on any atom is -0.459 e. The van der Waals surface area contributed by atoms with Crippen LogP contribution in [0.15, 0.2) is 41.0 Å². The Morgan fingerprint density at radius 1 is 1.28 bits per heavy atom. The van der Waals surface area contributed by atoms with Crippen LogP contribution < -0.4 is 0 Å². The van der Waals surface area contributed by atoms with E-state index in [-0.39, 0.29) is 5.91 Å². The van der Waals surface area contributed by atoms with E-state index in [4.69, 9.17) is 27.6 Å². The largest absolute Gasteiger partial charge is 0.459 e. The van der Waals surface area contributed by atoms with Gasteiger partial charge in [-0.2, -0.15) is 0 Å². The predicted octanol–water partition coefficient (Wildman–Crippen LogP) is 3.86. The van der Waals surface area contributed by atoms with Gasteiger partial charge in [0.1, 0.15) is 0 Å². The Labute approximate surface area is 115 Å². The molecule has 18 heavy (non-hydrogen) atoms. The molecule has 1 aromatic carbocycles. The van der Waals surface area contributed by atoms with Crippen molar-refractivity contribution in [1.29, 1.82) is 0 Å². The van der Waals surface area contributed by atoms with Crippen molar-refractivity contribution in [2.45, 2.75) is 6.54 Å². The van der Waals surface area contributed by atoms with E-state index in [9.17, 15) is 4.79 Å². The second-order valence-electron chi connectivity index (χ2n) is 3.92. The number of rotatable bonds is 3. The summed E-state index contributed by atoms with van der Waals surface area (Å²) in [6, 6.07) is 8.51. The fourth-order valence-electron chi connectivity index (χ4n) is 1.64. The molecule has 0 aliphatic carbocycles. The molecule has 0 atom stereocenters. The van der Waals surface area contributed by atoms with E-state index in [1.807, 2.05) is 0 Å². The van der Waals surface area contributed by atoms with E-state index < -0.39 is 0 Å². The van der Waals surface area contributed by atoms with E-state index >= 15 is 0 Å². The first-order valence-corrected chi connectivity index (χ1v) is 6.06. The molecule has 5 heteroatoms. The molecular weight excluding hydrogens is 273 g/mol. The lowest BCUT2D eigenvalue weighted by atomic mass is 10.2. The zero-order valence-electron chi connectivity index (χ0n) is 9.69. The number of amides is 1. The van der Waals surface area contributed by atoms with Crippen molar-refractivity contribution in [3.63, 3.8) is 0 Å². The Morgan fingerprint density at radius 3 is 2.50 bits per heavy atom. The number of carbonyl (C=O) groups is 1. The van der Waals surface area contributed by atoms with E-state index in [1.54, 1.807) is 42.3 Å². The minimum absolute atomic E-state index is 0.184. The molecule has 0 aliphatic heterocycles. The van der Waals surface area contributed by atoms with Gasteiger partial charge in [-0.1, -0.05) is 23.2 Å². The molecule has 1 heterocycles. The van der Waals surface area contributed by atoms with Crippen LogP contribution in [0, 0.1) is 0 Å². The van der Waals surface area contributed by atoms with Gasteiger partial charge in [-0.3, -0.25) is 4.79 Å². The van der Waals surface area contributed by atoms with Crippen molar-refractivity contribution >= 4 is 29.1 Å². The molecule has 0 saturated heterocycles. The van der Waals surface area contributed by atoms with Gasteiger partial charge in [0.05, 0.1) is 6.26 Å². The molecule has 0 bridgehead atoms. The molecule has 2 aromatic rings. The van der Waals surface area contributed by atoms with E-state index in [2.05, 4.69) is 0 Å². The molecule has 94 valence electrons. The molecular formula is C13H11Cl2NO2. The van der Waals surface area contributed by atoms with Gasteiger partial charge >= 0.3 is 0 Å². The summed E-state index contributed by atoms with van der Waals surface area (Å²) in [6.07, 6.45) is 1.47. The average Bonchev–Trinajstić information content (AvgIpc) is 2.79. The maximum Gasteiger partial charge on any atom is 0.289 e. The molecule has 0 N–H and O–H groups in total. The second kappa shape index (κ2) is 5.46. The number of furan rings is 1. The first-order chi connectivity index (χ1) is 8.56. The Bertz CT molecular complexity index is 532. The molecule has 0 unspecified atom stereocenters. The van der Waals surface area contributed by atoms with Crippen molar-refractivity contribution in [3.05, 3.63) is 58.0 Å². The smallest absolute Gasteiger partial charge is 0.289 e. The number of halogens is 2. The van der Waals surface area contributed by atoms with Gasteiger partial charge < -0.3 is 9.32 Å². The summed E-state index contributed by atoms with van der Waals surface area (Å²) in [6.45, 7) is 0.416. The number of hydrogen-bond acceptors (Lipinski definition) is 2. The van der Waals surface area contributed by atoms with Crippen LogP contribution in [0.5, 0.6) is 0 Å². The Balaban J connectivity index is 2.11. The van der Waals surface area contributed by atoms with Gasteiger partial charge in [-0.05, 0) is 35.9 Å². The summed E-state index contributed by atoms with van der Waals surface area (Å²) in [4.78, 5) is 13.5. The van der Waals surface area contributed by atoms with E-state index in [1.165, 1.54) is 6.26 Å². The van der Waals surface area contributed by atoms with Crippen LogP contribution in [0.25, 0.3) is 0 Å². The number of carbonyl (C=O) groups excluding carboxylic acids is 1. The summed E-state index contributed by atoms with van der Waals surface area (Å²) in [5, 5.41) is 1.10. The van der Waals surface area contributed by atoms with E-state index in [0.717, 1.165) is 5.56 Å². The summed E-state index contributed by atoms with van der Waals surface area (Å²) in [5.41, 5.74) is 0.870. The van der Waals surface area contributed by atoms with Crippen LogP contribution in [-0.2, 0) is 6.54 Å². The van der Waals surface area contributed by atoms with Gasteiger partial charge in [0.15, 0.2) is 5.76 Å². The quantitative estimate of drug-likeness (QED) is 0.857. The third-order valence-electron chi connectivity index (χ3n) is 2.42. The van der Waals surface area contributed by atoms with Crippen LogP contribution in [0.4, 0.5) is 0 Å². The molecule has 0 fully saturated rings. The second-order valence-corrected chi connectivity index (χ2v) is 4.79. The summed E-state index contributed by atoms with van der Waals surface area (Å²) < 4.78 is 5.06. The summed E-state index contributed by atoms with van der Waals surface area (Å²) in [5.74, 6) is 0.127. The van der Waals surface area contributed by atoms with Crippen molar-refractivity contribution in [2.75, 3.05) is 7.05 Å². The molecule has 2 rings (SSSR count). The number of benzene rings is 1. The fourth-order valence-corrected chi connectivity index (χ4v) is 2.21. The van der Waals surface area contributed by atoms with Gasteiger partial charge in [0, 0.05) is 23.6 Å². The van der Waals surface area contributed by atoms with Crippen molar-refractivity contribution < 1.29 is 9.21 Å². The van der Waals surface area contributed by atoms with Gasteiger partial charge in [-0.15, -0.1) is 0 Å². The van der Waals surface area contributed by atoms with Crippen LogP contribution in [0.3, 0.4) is 0 Å². The van der Waals surface area contributed by atoms with Gasteiger partial charge in [0.2, 0.25) is 0 Å². The topological polar surface area (TPSA) is 33.5 Å². The molecule has 0 saturated carbocycles. The zero-order valence-corrected chi connectivity index (χ0v) is 11.2. The SMILES string of the molecule is CN(Cc1cc(Cl)cc(Cl)c1)C(=O)c1ccco1. The fraction of sp³-hybridized carbons (Fsp3) is 0.154. The lowest BCUT2D eigenvalue weighted by Crippen LogP contribution is -2.25. The molecule has 0 aliphatic rings. The Hall–Kier alpha value is -1.45. The highest BCUT2D eigenvalue weighted by Gasteiger charge is 2.14. The monoisotopic (exact) mass is 283 g/mol. The zero-order chi connectivity index (χ0) is 13.1. The maximum atomic E-state index is 11.9. The number of nitrogens with zero attached hydrogens (tertiary/aromatic N) is 1. The van der Waals surface area contributed by atoms with Gasteiger partial charge in [0.25, 0.3) is 5.91 Å². The highest BCUT2D eigenvalue weighted by molar-refractivity contribution is 6.34. The van der Waals surface area contributed by atoms with Crippen LogP contribution >= 0.6 is 23.2 Å². The Kier molecular flexibility index (Phi) is 3.94. The lowest BCUT2D eigenvalue weighted by Gasteiger charge is -2.16. The normalized spacial score (nSPS) is 10.4. The third kappa shape index (κ3) is 3.06. The lowest BCUT2D eigenvalue weighted by molar-refractivity contribution is 0.0753. The highest BCUT2D eigenvalue weighted by Crippen LogP contribution is 2.20. The first-order valence-electron chi connectivity index (χ1n) is 5.30. The van der Waals surface area contributed by atoms with Crippen LogP contribution in [-0.4, -0.2) is 17.9 Å². The summed E-state index contributed by atoms with van der Waals surface area (Å²) >= 11 is 11.8. The minimum atomic E-state index is -0.184. The first kappa shape index (κ1) is 13.0. The van der Waals surface area contributed by atoms with Crippen molar-refractivity contribution in [1.82, 2.24) is 4.90 Å². The molecule has 0 radical (unpaired) electrons. The average molecular weight is 284 g/mol.